The highest BCUT2D eigenvalue weighted by Gasteiger charge is 2.37. The molecular formula is C14H22N4OS. The van der Waals surface area contributed by atoms with Crippen LogP contribution in [0.2, 0.25) is 0 Å². The van der Waals surface area contributed by atoms with E-state index >= 15 is 0 Å². The maximum Gasteiger partial charge on any atom is 0.267 e. The third-order valence-corrected chi connectivity index (χ3v) is 5.11. The Kier molecular flexibility index (Phi) is 4.03. The summed E-state index contributed by atoms with van der Waals surface area (Å²) < 4.78 is 3.99. The number of nitrogens with zero attached hydrogens (tertiary/aromatic N) is 3. The van der Waals surface area contributed by atoms with E-state index in [1.54, 1.807) is 0 Å². The fraction of sp³-hybridized carbons (Fsp3) is 0.786. The van der Waals surface area contributed by atoms with Crippen LogP contribution in [-0.4, -0.2) is 45.6 Å². The van der Waals surface area contributed by atoms with E-state index in [-0.39, 0.29) is 11.8 Å². The molecule has 0 aliphatic carbocycles. The van der Waals surface area contributed by atoms with Crippen LogP contribution in [0, 0.1) is 0 Å². The molecule has 0 radical (unpaired) electrons. The maximum absolute atomic E-state index is 12.8. The van der Waals surface area contributed by atoms with E-state index in [4.69, 9.17) is 0 Å². The smallest absolute Gasteiger partial charge is 0.267 e. The van der Waals surface area contributed by atoms with Crippen LogP contribution in [0.3, 0.4) is 0 Å². The predicted octanol–water partition coefficient (Wildman–Crippen LogP) is 2.02. The van der Waals surface area contributed by atoms with Gasteiger partial charge in [0.1, 0.15) is 4.88 Å². The Morgan fingerprint density at radius 2 is 2.25 bits per heavy atom. The van der Waals surface area contributed by atoms with Crippen LogP contribution in [0.5, 0.6) is 0 Å². The van der Waals surface area contributed by atoms with Crippen LogP contribution < -0.4 is 5.32 Å². The highest BCUT2D eigenvalue weighted by Crippen LogP contribution is 2.29. The summed E-state index contributed by atoms with van der Waals surface area (Å²) in [6.45, 7) is 6.08. The molecule has 1 N–H and O–H groups in total. The monoisotopic (exact) mass is 294 g/mol. The van der Waals surface area contributed by atoms with Gasteiger partial charge in [-0.25, -0.2) is 0 Å². The zero-order chi connectivity index (χ0) is 14.1. The van der Waals surface area contributed by atoms with Crippen molar-refractivity contribution in [3.05, 3.63) is 10.6 Å². The van der Waals surface area contributed by atoms with Crippen molar-refractivity contribution in [1.29, 1.82) is 0 Å². The van der Waals surface area contributed by atoms with E-state index in [9.17, 15) is 4.79 Å². The van der Waals surface area contributed by atoms with Gasteiger partial charge in [-0.05, 0) is 49.7 Å². The standard InChI is InChI=1S/C14H22N4OS/c1-9(2)12-13(20-17-16-12)14(19)18-8-4-6-11(18)10-5-3-7-15-10/h9-11,15H,3-8H2,1-2H3. The zero-order valence-corrected chi connectivity index (χ0v) is 12.9. The minimum Gasteiger partial charge on any atom is -0.333 e. The number of hydrogen-bond acceptors (Lipinski definition) is 5. The van der Waals surface area contributed by atoms with Gasteiger partial charge in [0.05, 0.1) is 5.69 Å². The summed E-state index contributed by atoms with van der Waals surface area (Å²) in [5, 5.41) is 7.68. The molecule has 2 aliphatic rings. The van der Waals surface area contributed by atoms with Crippen molar-refractivity contribution in [1.82, 2.24) is 19.8 Å². The summed E-state index contributed by atoms with van der Waals surface area (Å²) >= 11 is 1.24. The first kappa shape index (κ1) is 13.9. The quantitative estimate of drug-likeness (QED) is 0.926. The summed E-state index contributed by atoms with van der Waals surface area (Å²) in [5.41, 5.74) is 0.852. The lowest BCUT2D eigenvalue weighted by atomic mass is 10.0. The van der Waals surface area contributed by atoms with Crippen molar-refractivity contribution in [2.45, 2.75) is 57.5 Å². The molecule has 2 unspecified atom stereocenters. The largest absolute Gasteiger partial charge is 0.333 e. The van der Waals surface area contributed by atoms with E-state index < -0.39 is 0 Å². The molecule has 2 saturated heterocycles. The summed E-state index contributed by atoms with van der Waals surface area (Å²) in [5.74, 6) is 0.387. The third-order valence-electron chi connectivity index (χ3n) is 4.38. The molecule has 2 aliphatic heterocycles. The molecule has 110 valence electrons. The Hall–Kier alpha value is -1.01. The SMILES string of the molecule is CC(C)c1nnsc1C(=O)N1CCCC1C1CCCN1. The van der Waals surface area contributed by atoms with E-state index in [0.717, 1.165) is 36.5 Å². The highest BCUT2D eigenvalue weighted by atomic mass is 32.1. The number of nitrogens with one attached hydrogen (secondary N) is 1. The number of carbonyl (C=O) groups is 1. The van der Waals surface area contributed by atoms with Gasteiger partial charge in [-0.3, -0.25) is 4.79 Å². The first-order chi connectivity index (χ1) is 9.68. The van der Waals surface area contributed by atoms with Crippen LogP contribution in [0.15, 0.2) is 0 Å². The van der Waals surface area contributed by atoms with Gasteiger partial charge in [-0.15, -0.1) is 5.10 Å². The zero-order valence-electron chi connectivity index (χ0n) is 12.1. The summed E-state index contributed by atoms with van der Waals surface area (Å²) in [7, 11) is 0. The second-order valence-corrected chi connectivity index (χ2v) is 6.81. The van der Waals surface area contributed by atoms with Gasteiger partial charge in [0.25, 0.3) is 5.91 Å². The van der Waals surface area contributed by atoms with Crippen molar-refractivity contribution in [2.75, 3.05) is 13.1 Å². The van der Waals surface area contributed by atoms with E-state index in [1.807, 2.05) is 0 Å². The first-order valence-electron chi connectivity index (χ1n) is 7.55. The lowest BCUT2D eigenvalue weighted by molar-refractivity contribution is 0.0714. The molecule has 0 aromatic carbocycles. The molecule has 1 amide bonds. The second-order valence-electron chi connectivity index (χ2n) is 6.05. The van der Waals surface area contributed by atoms with Crippen molar-refractivity contribution >= 4 is 17.4 Å². The fourth-order valence-electron chi connectivity index (χ4n) is 3.36. The number of hydrogen-bond donors (Lipinski definition) is 1. The lowest BCUT2D eigenvalue weighted by Gasteiger charge is -2.29. The normalized spacial score (nSPS) is 26.6. The van der Waals surface area contributed by atoms with E-state index in [1.165, 1.54) is 24.4 Å². The maximum atomic E-state index is 12.8. The molecule has 5 nitrogen and oxygen atoms in total. The minimum atomic E-state index is 0.139. The summed E-state index contributed by atoms with van der Waals surface area (Å²) in [6.07, 6.45) is 4.64. The van der Waals surface area contributed by atoms with Crippen LogP contribution in [0.4, 0.5) is 0 Å². The average molecular weight is 294 g/mol. The van der Waals surface area contributed by atoms with Crippen molar-refractivity contribution < 1.29 is 4.79 Å². The molecule has 2 fully saturated rings. The van der Waals surface area contributed by atoms with Crippen molar-refractivity contribution in [2.24, 2.45) is 0 Å². The number of likely N-dealkylation sites (tertiary alicyclic amines) is 1. The Balaban J connectivity index is 1.80. The fourth-order valence-corrected chi connectivity index (χ4v) is 4.13. The summed E-state index contributed by atoms with van der Waals surface area (Å²) in [4.78, 5) is 15.6. The van der Waals surface area contributed by atoms with Gasteiger partial charge in [0.15, 0.2) is 0 Å². The molecule has 1 aromatic rings. The molecule has 6 heteroatoms. The number of aromatic nitrogens is 2. The summed E-state index contributed by atoms with van der Waals surface area (Å²) in [6, 6.07) is 0.831. The third kappa shape index (κ3) is 2.46. The Labute approximate surface area is 123 Å². The Morgan fingerprint density at radius 1 is 1.40 bits per heavy atom. The Morgan fingerprint density at radius 3 is 2.95 bits per heavy atom. The number of rotatable bonds is 3. The van der Waals surface area contributed by atoms with E-state index in [0.29, 0.717) is 12.1 Å². The molecule has 2 atom stereocenters. The van der Waals surface area contributed by atoms with Gasteiger partial charge in [0, 0.05) is 18.6 Å². The number of amides is 1. The molecular weight excluding hydrogens is 272 g/mol. The first-order valence-corrected chi connectivity index (χ1v) is 8.32. The van der Waals surface area contributed by atoms with Crippen LogP contribution in [-0.2, 0) is 0 Å². The van der Waals surface area contributed by atoms with E-state index in [2.05, 4.69) is 33.7 Å². The van der Waals surface area contributed by atoms with Gasteiger partial charge < -0.3 is 10.2 Å². The number of carbonyl (C=O) groups excluding carboxylic acids is 1. The van der Waals surface area contributed by atoms with Crippen LogP contribution in [0.25, 0.3) is 0 Å². The minimum absolute atomic E-state index is 0.139. The van der Waals surface area contributed by atoms with Crippen LogP contribution in [0.1, 0.15) is 60.8 Å². The molecule has 1 aromatic heterocycles. The highest BCUT2D eigenvalue weighted by molar-refractivity contribution is 7.08. The van der Waals surface area contributed by atoms with Gasteiger partial charge in [0.2, 0.25) is 0 Å². The second kappa shape index (κ2) is 5.77. The van der Waals surface area contributed by atoms with Crippen LogP contribution >= 0.6 is 11.5 Å². The molecule has 20 heavy (non-hydrogen) atoms. The molecule has 0 spiro atoms. The molecule has 0 saturated carbocycles. The van der Waals surface area contributed by atoms with Crippen molar-refractivity contribution in [3.63, 3.8) is 0 Å². The van der Waals surface area contributed by atoms with Gasteiger partial charge >= 0.3 is 0 Å². The molecule has 0 bridgehead atoms. The molecule has 3 heterocycles. The van der Waals surface area contributed by atoms with Crippen molar-refractivity contribution in [3.8, 4) is 0 Å². The lowest BCUT2D eigenvalue weighted by Crippen LogP contribution is -2.46. The average Bonchev–Trinajstić information content (AvgIpc) is 3.17. The molecule has 3 rings (SSSR count). The van der Waals surface area contributed by atoms with Gasteiger partial charge in [-0.2, -0.15) is 0 Å². The van der Waals surface area contributed by atoms with Gasteiger partial charge in [-0.1, -0.05) is 18.3 Å². The predicted molar refractivity (Wildman–Crippen MR) is 79.1 cm³/mol. The Bertz CT molecular complexity index is 481. The topological polar surface area (TPSA) is 58.1 Å².